The predicted octanol–water partition coefficient (Wildman–Crippen LogP) is 2.38. The molecule has 0 spiro atoms. The van der Waals surface area contributed by atoms with Crippen LogP contribution in [0.5, 0.6) is 5.88 Å². The molecular weight excluding hydrogens is 332 g/mol. The molecule has 0 bridgehead atoms. The van der Waals surface area contributed by atoms with Gasteiger partial charge in [-0.2, -0.15) is 5.10 Å². The van der Waals surface area contributed by atoms with Crippen molar-refractivity contribution in [3.63, 3.8) is 0 Å². The van der Waals surface area contributed by atoms with E-state index in [1.54, 1.807) is 37.3 Å². The second-order valence-corrected chi connectivity index (χ2v) is 5.75. The van der Waals surface area contributed by atoms with Crippen molar-refractivity contribution in [1.29, 1.82) is 0 Å². The second kappa shape index (κ2) is 7.10. The lowest BCUT2D eigenvalue weighted by Crippen LogP contribution is -2.32. The third kappa shape index (κ3) is 3.27. The SMILES string of the molecule is C/C(=N\Nc1ccccc1C)c1c(O)n(-c2ccccc2)c(=O)[nH]c1=O. The highest BCUT2D eigenvalue weighted by molar-refractivity contribution is 6.00. The molecule has 3 rings (SSSR count). The van der Waals surface area contributed by atoms with Crippen LogP contribution in [-0.2, 0) is 0 Å². The van der Waals surface area contributed by atoms with Crippen LogP contribution in [0.4, 0.5) is 5.69 Å². The van der Waals surface area contributed by atoms with Gasteiger partial charge in [0.05, 0.1) is 17.1 Å². The number of nitrogens with one attached hydrogen (secondary N) is 2. The predicted molar refractivity (Wildman–Crippen MR) is 101 cm³/mol. The summed E-state index contributed by atoms with van der Waals surface area (Å²) >= 11 is 0. The summed E-state index contributed by atoms with van der Waals surface area (Å²) in [6.07, 6.45) is 0. The van der Waals surface area contributed by atoms with Crippen LogP contribution in [0.3, 0.4) is 0 Å². The van der Waals surface area contributed by atoms with Crippen LogP contribution in [0, 0.1) is 6.92 Å². The van der Waals surface area contributed by atoms with Gasteiger partial charge in [0.25, 0.3) is 5.56 Å². The molecule has 3 N–H and O–H groups in total. The van der Waals surface area contributed by atoms with E-state index in [9.17, 15) is 14.7 Å². The van der Waals surface area contributed by atoms with Crippen molar-refractivity contribution in [3.05, 3.63) is 86.6 Å². The molecule has 0 aliphatic carbocycles. The Morgan fingerprint density at radius 3 is 2.42 bits per heavy atom. The van der Waals surface area contributed by atoms with Crippen LogP contribution in [0.25, 0.3) is 5.69 Å². The van der Waals surface area contributed by atoms with Gasteiger partial charge in [-0.3, -0.25) is 15.2 Å². The Balaban J connectivity index is 2.08. The number of aromatic hydroxyl groups is 1. The number of hydrogen-bond acceptors (Lipinski definition) is 5. The van der Waals surface area contributed by atoms with E-state index in [1.165, 1.54) is 0 Å². The van der Waals surface area contributed by atoms with E-state index < -0.39 is 17.1 Å². The van der Waals surface area contributed by atoms with Gasteiger partial charge in [-0.05, 0) is 37.6 Å². The molecule has 0 saturated heterocycles. The lowest BCUT2D eigenvalue weighted by atomic mass is 10.2. The topological polar surface area (TPSA) is 99.5 Å². The number of hydrazone groups is 1. The third-order valence-corrected chi connectivity index (χ3v) is 3.95. The maximum Gasteiger partial charge on any atom is 0.335 e. The van der Waals surface area contributed by atoms with Crippen molar-refractivity contribution >= 4 is 11.4 Å². The van der Waals surface area contributed by atoms with Crippen molar-refractivity contribution in [2.75, 3.05) is 5.43 Å². The van der Waals surface area contributed by atoms with Crippen LogP contribution in [-0.4, -0.2) is 20.4 Å². The quantitative estimate of drug-likeness (QED) is 0.497. The average molecular weight is 350 g/mol. The van der Waals surface area contributed by atoms with Crippen molar-refractivity contribution in [3.8, 4) is 11.6 Å². The zero-order valence-corrected chi connectivity index (χ0v) is 14.4. The lowest BCUT2D eigenvalue weighted by molar-refractivity contribution is 0.429. The Bertz CT molecular complexity index is 1080. The highest BCUT2D eigenvalue weighted by Crippen LogP contribution is 2.18. The zero-order valence-electron chi connectivity index (χ0n) is 14.4. The third-order valence-electron chi connectivity index (χ3n) is 3.95. The van der Waals surface area contributed by atoms with Crippen LogP contribution >= 0.6 is 0 Å². The molecule has 7 nitrogen and oxygen atoms in total. The molecule has 0 unspecified atom stereocenters. The van der Waals surface area contributed by atoms with E-state index >= 15 is 0 Å². The van der Waals surface area contributed by atoms with E-state index in [0.717, 1.165) is 15.8 Å². The smallest absolute Gasteiger partial charge is 0.335 e. The van der Waals surface area contributed by atoms with Crippen molar-refractivity contribution < 1.29 is 5.11 Å². The molecule has 1 heterocycles. The fraction of sp³-hybridized carbons (Fsp3) is 0.105. The maximum absolute atomic E-state index is 12.2. The molecule has 3 aromatic rings. The van der Waals surface area contributed by atoms with Gasteiger partial charge in [-0.1, -0.05) is 36.4 Å². The van der Waals surface area contributed by atoms with Crippen molar-refractivity contribution in [2.45, 2.75) is 13.8 Å². The number of H-pyrrole nitrogens is 1. The fourth-order valence-electron chi connectivity index (χ4n) is 2.57. The zero-order chi connectivity index (χ0) is 18.7. The monoisotopic (exact) mass is 350 g/mol. The van der Waals surface area contributed by atoms with Gasteiger partial charge >= 0.3 is 5.69 Å². The van der Waals surface area contributed by atoms with Gasteiger partial charge in [0, 0.05) is 0 Å². The van der Waals surface area contributed by atoms with Crippen LogP contribution in [0.2, 0.25) is 0 Å². The first-order chi connectivity index (χ1) is 12.5. The number of aromatic nitrogens is 2. The number of hydrogen-bond donors (Lipinski definition) is 3. The molecule has 0 aliphatic heterocycles. The number of rotatable bonds is 4. The van der Waals surface area contributed by atoms with Crippen LogP contribution in [0.1, 0.15) is 18.1 Å². The summed E-state index contributed by atoms with van der Waals surface area (Å²) in [5, 5.41) is 14.7. The molecule has 1 aromatic heterocycles. The number of benzene rings is 2. The minimum atomic E-state index is -0.720. The van der Waals surface area contributed by atoms with Gasteiger partial charge in [0.1, 0.15) is 5.56 Å². The number of aryl methyl sites for hydroxylation is 1. The number of nitrogens with zero attached hydrogens (tertiary/aromatic N) is 2. The van der Waals surface area contributed by atoms with Crippen LogP contribution < -0.4 is 16.7 Å². The molecular formula is C19H18N4O3. The van der Waals surface area contributed by atoms with E-state index in [4.69, 9.17) is 0 Å². The Labute approximate surface area is 149 Å². The maximum atomic E-state index is 12.2. The first-order valence-electron chi connectivity index (χ1n) is 7.99. The van der Waals surface area contributed by atoms with E-state index in [2.05, 4.69) is 15.5 Å². The highest BCUT2D eigenvalue weighted by atomic mass is 16.3. The van der Waals surface area contributed by atoms with E-state index in [0.29, 0.717) is 5.69 Å². The molecule has 26 heavy (non-hydrogen) atoms. The van der Waals surface area contributed by atoms with E-state index in [1.807, 2.05) is 31.2 Å². The summed E-state index contributed by atoms with van der Waals surface area (Å²) in [4.78, 5) is 26.6. The summed E-state index contributed by atoms with van der Waals surface area (Å²) in [5.41, 5.74) is 3.82. The van der Waals surface area contributed by atoms with Gasteiger partial charge in [-0.15, -0.1) is 0 Å². The standard InChI is InChI=1S/C19H18N4O3/c1-12-8-6-7-11-15(12)22-21-13(2)16-17(24)20-19(26)23(18(16)25)14-9-4-3-5-10-14/h3-11,22,25H,1-2H3,(H,20,24,26)/b21-13+. The van der Waals surface area contributed by atoms with Crippen molar-refractivity contribution in [2.24, 2.45) is 5.10 Å². The highest BCUT2D eigenvalue weighted by Gasteiger charge is 2.17. The molecule has 0 amide bonds. The Kier molecular flexibility index (Phi) is 4.70. The van der Waals surface area contributed by atoms with E-state index in [-0.39, 0.29) is 11.3 Å². The molecule has 0 aliphatic rings. The first kappa shape index (κ1) is 17.2. The largest absolute Gasteiger partial charge is 0.493 e. The summed E-state index contributed by atoms with van der Waals surface area (Å²) < 4.78 is 1.03. The Morgan fingerprint density at radius 1 is 1.08 bits per heavy atom. The van der Waals surface area contributed by atoms with Gasteiger partial charge in [-0.25, -0.2) is 9.36 Å². The molecule has 7 heteroatoms. The number of para-hydroxylation sites is 2. The molecule has 0 fully saturated rings. The minimum absolute atomic E-state index is 0.0745. The van der Waals surface area contributed by atoms with Crippen LogP contribution in [0.15, 0.2) is 69.3 Å². The Morgan fingerprint density at radius 2 is 1.73 bits per heavy atom. The first-order valence-corrected chi connectivity index (χ1v) is 7.99. The molecule has 0 radical (unpaired) electrons. The number of anilines is 1. The average Bonchev–Trinajstić information content (AvgIpc) is 2.61. The second-order valence-electron chi connectivity index (χ2n) is 5.75. The molecule has 0 saturated carbocycles. The molecule has 132 valence electrons. The number of aromatic amines is 1. The normalized spacial score (nSPS) is 11.4. The fourth-order valence-corrected chi connectivity index (χ4v) is 2.57. The summed E-state index contributed by atoms with van der Waals surface area (Å²) in [6.45, 7) is 3.50. The van der Waals surface area contributed by atoms with Gasteiger partial charge < -0.3 is 5.11 Å². The summed E-state index contributed by atoms with van der Waals surface area (Å²) in [7, 11) is 0. The summed E-state index contributed by atoms with van der Waals surface area (Å²) in [6, 6.07) is 16.1. The summed E-state index contributed by atoms with van der Waals surface area (Å²) in [5.74, 6) is -0.460. The molecule has 2 aromatic carbocycles. The lowest BCUT2D eigenvalue weighted by Gasteiger charge is -2.11. The Hall–Kier alpha value is -3.61. The minimum Gasteiger partial charge on any atom is -0.493 e. The van der Waals surface area contributed by atoms with Gasteiger partial charge in [0.15, 0.2) is 0 Å². The van der Waals surface area contributed by atoms with Gasteiger partial charge in [0.2, 0.25) is 5.88 Å². The van der Waals surface area contributed by atoms with Crippen molar-refractivity contribution in [1.82, 2.24) is 9.55 Å². The molecule has 0 atom stereocenters.